The SMILES string of the molecule is O=C(Nc1ccc(Cl)cn1)C1CCCN(C(=O)c2ccnc(Cl)c2)C1. The third kappa shape index (κ3) is 4.46. The number of anilines is 1. The summed E-state index contributed by atoms with van der Waals surface area (Å²) in [6.07, 6.45) is 4.45. The number of amides is 2. The monoisotopic (exact) mass is 378 g/mol. The molecule has 25 heavy (non-hydrogen) atoms. The van der Waals surface area contributed by atoms with Gasteiger partial charge in [-0.2, -0.15) is 0 Å². The Bertz CT molecular complexity index is 782. The average Bonchev–Trinajstić information content (AvgIpc) is 2.63. The van der Waals surface area contributed by atoms with Crippen LogP contribution in [0.25, 0.3) is 0 Å². The zero-order valence-corrected chi connectivity index (χ0v) is 14.8. The van der Waals surface area contributed by atoms with Crippen molar-refractivity contribution in [1.29, 1.82) is 0 Å². The van der Waals surface area contributed by atoms with Crippen LogP contribution in [0.5, 0.6) is 0 Å². The van der Waals surface area contributed by atoms with Gasteiger partial charge in [-0.25, -0.2) is 9.97 Å². The number of aromatic nitrogens is 2. The van der Waals surface area contributed by atoms with Gasteiger partial charge in [-0.1, -0.05) is 23.2 Å². The molecule has 1 aliphatic rings. The molecule has 0 saturated carbocycles. The van der Waals surface area contributed by atoms with Crippen LogP contribution in [0.3, 0.4) is 0 Å². The highest BCUT2D eigenvalue weighted by molar-refractivity contribution is 6.30. The van der Waals surface area contributed by atoms with Crippen LogP contribution in [0.1, 0.15) is 23.2 Å². The summed E-state index contributed by atoms with van der Waals surface area (Å²) in [5, 5.41) is 3.54. The molecule has 1 unspecified atom stereocenters. The molecule has 0 spiro atoms. The van der Waals surface area contributed by atoms with Crippen LogP contribution >= 0.6 is 23.2 Å². The molecule has 2 aromatic heterocycles. The summed E-state index contributed by atoms with van der Waals surface area (Å²) >= 11 is 11.6. The topological polar surface area (TPSA) is 75.2 Å². The maximum Gasteiger partial charge on any atom is 0.254 e. The number of nitrogens with one attached hydrogen (secondary N) is 1. The molecule has 3 heterocycles. The molecule has 2 amide bonds. The number of carbonyl (C=O) groups excluding carboxylic acids is 2. The summed E-state index contributed by atoms with van der Waals surface area (Å²) in [5.74, 6) is -0.141. The number of hydrogen-bond donors (Lipinski definition) is 1. The first-order valence-electron chi connectivity index (χ1n) is 7.86. The highest BCUT2D eigenvalue weighted by atomic mass is 35.5. The maximum absolute atomic E-state index is 12.6. The predicted octanol–water partition coefficient (Wildman–Crippen LogP) is 3.27. The molecule has 3 rings (SSSR count). The molecule has 0 aliphatic carbocycles. The van der Waals surface area contributed by atoms with Crippen LogP contribution in [0.2, 0.25) is 10.2 Å². The second-order valence-corrected chi connectivity index (χ2v) is 6.63. The van der Waals surface area contributed by atoms with Crippen molar-refractivity contribution in [3.05, 3.63) is 52.4 Å². The quantitative estimate of drug-likeness (QED) is 0.831. The van der Waals surface area contributed by atoms with Crippen LogP contribution in [-0.4, -0.2) is 39.8 Å². The molecule has 6 nitrogen and oxygen atoms in total. The van der Waals surface area contributed by atoms with Gasteiger partial charge >= 0.3 is 0 Å². The number of rotatable bonds is 3. The molecule has 8 heteroatoms. The Balaban J connectivity index is 1.65. The highest BCUT2D eigenvalue weighted by Crippen LogP contribution is 2.21. The lowest BCUT2D eigenvalue weighted by molar-refractivity contribution is -0.121. The summed E-state index contributed by atoms with van der Waals surface area (Å²) in [6, 6.07) is 6.46. The first kappa shape index (κ1) is 17.6. The molecule has 1 aliphatic heterocycles. The molecule has 1 atom stereocenters. The van der Waals surface area contributed by atoms with Crippen LogP contribution < -0.4 is 5.32 Å². The van der Waals surface area contributed by atoms with E-state index in [4.69, 9.17) is 23.2 Å². The molecule has 1 N–H and O–H groups in total. The Labute approximate surface area is 155 Å². The molecule has 1 saturated heterocycles. The van der Waals surface area contributed by atoms with Crippen molar-refractivity contribution in [2.24, 2.45) is 5.92 Å². The van der Waals surface area contributed by atoms with Crippen LogP contribution in [0.15, 0.2) is 36.7 Å². The normalized spacial score (nSPS) is 17.2. The molecule has 2 aromatic rings. The van der Waals surface area contributed by atoms with Gasteiger partial charge in [-0.3, -0.25) is 9.59 Å². The van der Waals surface area contributed by atoms with E-state index in [0.29, 0.717) is 29.5 Å². The molecule has 1 fully saturated rings. The molecular formula is C17H16Cl2N4O2. The molecule has 0 aromatic carbocycles. The lowest BCUT2D eigenvalue weighted by Gasteiger charge is -2.32. The van der Waals surface area contributed by atoms with E-state index in [-0.39, 0.29) is 22.9 Å². The zero-order valence-electron chi connectivity index (χ0n) is 13.3. The second kappa shape index (κ2) is 7.80. The van der Waals surface area contributed by atoms with Crippen LogP contribution in [0, 0.1) is 5.92 Å². The summed E-state index contributed by atoms with van der Waals surface area (Å²) in [6.45, 7) is 0.972. The number of halogens is 2. The zero-order chi connectivity index (χ0) is 17.8. The van der Waals surface area contributed by atoms with Crippen molar-refractivity contribution >= 4 is 40.8 Å². The lowest BCUT2D eigenvalue weighted by atomic mass is 9.96. The van der Waals surface area contributed by atoms with E-state index in [2.05, 4.69) is 15.3 Å². The Hall–Kier alpha value is -2.18. The maximum atomic E-state index is 12.6. The Kier molecular flexibility index (Phi) is 5.50. The number of piperidine rings is 1. The summed E-state index contributed by atoms with van der Waals surface area (Å²) in [5.41, 5.74) is 0.473. The van der Waals surface area contributed by atoms with Crippen molar-refractivity contribution in [2.45, 2.75) is 12.8 Å². The third-order valence-corrected chi connectivity index (χ3v) is 4.46. The van der Waals surface area contributed by atoms with Crippen molar-refractivity contribution in [3.63, 3.8) is 0 Å². The van der Waals surface area contributed by atoms with Gasteiger partial charge in [-0.05, 0) is 37.1 Å². The molecule has 0 radical (unpaired) electrons. The standard InChI is InChI=1S/C17H16Cl2N4O2/c18-13-3-4-15(21-9-13)22-16(24)12-2-1-7-23(10-12)17(25)11-5-6-20-14(19)8-11/h3-6,8-9,12H,1-2,7,10H2,(H,21,22,24). The summed E-state index contributed by atoms with van der Waals surface area (Å²) < 4.78 is 0. The van der Waals surface area contributed by atoms with E-state index < -0.39 is 0 Å². The summed E-state index contributed by atoms with van der Waals surface area (Å²) in [4.78, 5) is 34.7. The Morgan fingerprint density at radius 1 is 1.20 bits per heavy atom. The third-order valence-electron chi connectivity index (χ3n) is 4.03. The van der Waals surface area contributed by atoms with Crippen molar-refractivity contribution < 1.29 is 9.59 Å². The van der Waals surface area contributed by atoms with Gasteiger partial charge in [0.1, 0.15) is 11.0 Å². The van der Waals surface area contributed by atoms with E-state index in [1.54, 1.807) is 23.1 Å². The van der Waals surface area contributed by atoms with E-state index in [1.165, 1.54) is 18.5 Å². The van der Waals surface area contributed by atoms with E-state index >= 15 is 0 Å². The molecule has 0 bridgehead atoms. The summed E-state index contributed by atoms with van der Waals surface area (Å²) in [7, 11) is 0. The number of nitrogens with zero attached hydrogens (tertiary/aromatic N) is 3. The van der Waals surface area contributed by atoms with Crippen LogP contribution in [-0.2, 0) is 4.79 Å². The minimum Gasteiger partial charge on any atom is -0.338 e. The minimum atomic E-state index is -0.285. The van der Waals surface area contributed by atoms with Gasteiger partial charge in [0, 0.05) is 31.0 Å². The first-order chi connectivity index (χ1) is 12.0. The smallest absolute Gasteiger partial charge is 0.254 e. The fraction of sp³-hybridized carbons (Fsp3) is 0.294. The fourth-order valence-electron chi connectivity index (χ4n) is 2.77. The van der Waals surface area contributed by atoms with Gasteiger partial charge in [-0.15, -0.1) is 0 Å². The van der Waals surface area contributed by atoms with Gasteiger partial charge in [0.15, 0.2) is 0 Å². The first-order valence-corrected chi connectivity index (χ1v) is 8.62. The number of likely N-dealkylation sites (tertiary alicyclic amines) is 1. The fourth-order valence-corrected chi connectivity index (χ4v) is 3.06. The van der Waals surface area contributed by atoms with E-state index in [1.807, 2.05) is 0 Å². The van der Waals surface area contributed by atoms with Crippen molar-refractivity contribution in [2.75, 3.05) is 18.4 Å². The van der Waals surface area contributed by atoms with Crippen molar-refractivity contribution in [1.82, 2.24) is 14.9 Å². The van der Waals surface area contributed by atoms with E-state index in [0.717, 1.165) is 12.8 Å². The van der Waals surface area contributed by atoms with Crippen molar-refractivity contribution in [3.8, 4) is 0 Å². The van der Waals surface area contributed by atoms with E-state index in [9.17, 15) is 9.59 Å². The number of carbonyl (C=O) groups is 2. The largest absolute Gasteiger partial charge is 0.338 e. The highest BCUT2D eigenvalue weighted by Gasteiger charge is 2.29. The number of hydrogen-bond acceptors (Lipinski definition) is 4. The second-order valence-electron chi connectivity index (χ2n) is 5.81. The van der Waals surface area contributed by atoms with Gasteiger partial charge in [0.05, 0.1) is 10.9 Å². The minimum absolute atomic E-state index is 0.147. The lowest BCUT2D eigenvalue weighted by Crippen LogP contribution is -2.43. The average molecular weight is 379 g/mol. The Morgan fingerprint density at radius 2 is 2.04 bits per heavy atom. The van der Waals surface area contributed by atoms with Crippen LogP contribution in [0.4, 0.5) is 5.82 Å². The number of pyridine rings is 2. The molecular weight excluding hydrogens is 363 g/mol. The predicted molar refractivity (Wildman–Crippen MR) is 95.8 cm³/mol. The van der Waals surface area contributed by atoms with Gasteiger partial charge in [0.25, 0.3) is 5.91 Å². The molecule has 130 valence electrons. The van der Waals surface area contributed by atoms with Gasteiger partial charge < -0.3 is 10.2 Å². The van der Waals surface area contributed by atoms with Gasteiger partial charge in [0.2, 0.25) is 5.91 Å². The Morgan fingerprint density at radius 3 is 2.76 bits per heavy atom.